The standard InChI is InChI=1S/C21H23NO3/c1-15(2)24-20(23)14-19-16(3)25-22(18-12-8-5-9-13-18)21(19)17-10-6-4-7-11-17/h4-13,15-16H,14H2,1-3H3/t16-/m1/s1. The van der Waals surface area contributed by atoms with Gasteiger partial charge in [0.25, 0.3) is 0 Å². The van der Waals surface area contributed by atoms with Crippen LogP contribution >= 0.6 is 0 Å². The van der Waals surface area contributed by atoms with Gasteiger partial charge in [-0.1, -0.05) is 48.5 Å². The summed E-state index contributed by atoms with van der Waals surface area (Å²) in [6.45, 7) is 5.67. The molecular weight excluding hydrogens is 314 g/mol. The zero-order valence-electron chi connectivity index (χ0n) is 14.8. The lowest BCUT2D eigenvalue weighted by molar-refractivity contribution is -0.146. The highest BCUT2D eigenvalue weighted by atomic mass is 16.7. The number of hydrogen-bond donors (Lipinski definition) is 0. The van der Waals surface area contributed by atoms with Crippen LogP contribution in [0, 0.1) is 0 Å². The fourth-order valence-electron chi connectivity index (χ4n) is 2.94. The summed E-state index contributed by atoms with van der Waals surface area (Å²) in [6, 6.07) is 19.9. The van der Waals surface area contributed by atoms with E-state index in [0.29, 0.717) is 0 Å². The van der Waals surface area contributed by atoms with E-state index in [9.17, 15) is 4.79 Å². The van der Waals surface area contributed by atoms with E-state index in [-0.39, 0.29) is 24.6 Å². The first-order valence-corrected chi connectivity index (χ1v) is 8.56. The smallest absolute Gasteiger partial charge is 0.310 e. The van der Waals surface area contributed by atoms with Gasteiger partial charge in [0.15, 0.2) is 0 Å². The quantitative estimate of drug-likeness (QED) is 0.749. The third-order valence-corrected chi connectivity index (χ3v) is 4.00. The first-order valence-electron chi connectivity index (χ1n) is 8.56. The van der Waals surface area contributed by atoms with Gasteiger partial charge < -0.3 is 4.74 Å². The molecule has 2 aromatic rings. The Kier molecular flexibility index (Phi) is 5.19. The number of carbonyl (C=O) groups excluding carboxylic acids is 1. The third kappa shape index (κ3) is 3.91. The summed E-state index contributed by atoms with van der Waals surface area (Å²) in [4.78, 5) is 18.3. The Morgan fingerprint density at radius 1 is 1.08 bits per heavy atom. The van der Waals surface area contributed by atoms with Crippen molar-refractivity contribution < 1.29 is 14.4 Å². The van der Waals surface area contributed by atoms with Crippen LogP contribution in [0.2, 0.25) is 0 Å². The Morgan fingerprint density at radius 2 is 1.68 bits per heavy atom. The van der Waals surface area contributed by atoms with Gasteiger partial charge in [0, 0.05) is 5.56 Å². The fourth-order valence-corrected chi connectivity index (χ4v) is 2.94. The second kappa shape index (κ2) is 7.53. The van der Waals surface area contributed by atoms with Gasteiger partial charge in [-0.25, -0.2) is 5.06 Å². The second-order valence-corrected chi connectivity index (χ2v) is 6.33. The molecule has 1 heterocycles. The average molecular weight is 337 g/mol. The Labute approximate surface area is 148 Å². The van der Waals surface area contributed by atoms with Gasteiger partial charge in [-0.15, -0.1) is 0 Å². The molecule has 1 atom stereocenters. The van der Waals surface area contributed by atoms with Crippen LogP contribution in [0.25, 0.3) is 5.70 Å². The highest BCUT2D eigenvalue weighted by molar-refractivity contribution is 5.86. The SMILES string of the molecule is CC(C)OC(=O)CC1=C(c2ccccc2)N(c2ccccc2)O[C@@H]1C. The molecule has 0 fully saturated rings. The number of rotatable bonds is 5. The van der Waals surface area contributed by atoms with Crippen molar-refractivity contribution in [2.75, 3.05) is 5.06 Å². The van der Waals surface area contributed by atoms with E-state index in [2.05, 4.69) is 0 Å². The molecule has 0 aliphatic carbocycles. The minimum atomic E-state index is -0.233. The van der Waals surface area contributed by atoms with Gasteiger partial charge in [0.1, 0.15) is 6.10 Å². The molecule has 25 heavy (non-hydrogen) atoms. The maximum atomic E-state index is 12.2. The number of ether oxygens (including phenoxy) is 1. The Morgan fingerprint density at radius 3 is 2.28 bits per heavy atom. The van der Waals surface area contributed by atoms with Crippen LogP contribution in [0.15, 0.2) is 66.2 Å². The minimum Gasteiger partial charge on any atom is -0.463 e. The van der Waals surface area contributed by atoms with Crippen LogP contribution in [0.5, 0.6) is 0 Å². The normalized spacial score (nSPS) is 17.3. The molecule has 2 aromatic carbocycles. The van der Waals surface area contributed by atoms with Crippen molar-refractivity contribution in [3.05, 3.63) is 71.8 Å². The fraction of sp³-hybridized carbons (Fsp3) is 0.286. The van der Waals surface area contributed by atoms with Gasteiger partial charge in [-0.3, -0.25) is 9.63 Å². The lowest BCUT2D eigenvalue weighted by Crippen LogP contribution is -2.18. The highest BCUT2D eigenvalue weighted by Crippen LogP contribution is 2.38. The molecule has 1 aliphatic heterocycles. The number of anilines is 1. The van der Waals surface area contributed by atoms with E-state index in [1.54, 1.807) is 0 Å². The van der Waals surface area contributed by atoms with Crippen molar-refractivity contribution in [3.63, 3.8) is 0 Å². The lowest BCUT2D eigenvalue weighted by Gasteiger charge is -2.21. The molecule has 0 aromatic heterocycles. The van der Waals surface area contributed by atoms with E-state index < -0.39 is 0 Å². The van der Waals surface area contributed by atoms with E-state index in [1.165, 1.54) is 0 Å². The van der Waals surface area contributed by atoms with E-state index >= 15 is 0 Å². The molecule has 0 spiro atoms. The van der Waals surface area contributed by atoms with Crippen LogP contribution in [0.1, 0.15) is 32.8 Å². The topological polar surface area (TPSA) is 38.8 Å². The van der Waals surface area contributed by atoms with Crippen molar-refractivity contribution >= 4 is 17.4 Å². The van der Waals surface area contributed by atoms with Crippen LogP contribution in [-0.2, 0) is 14.4 Å². The predicted molar refractivity (Wildman–Crippen MR) is 98.7 cm³/mol. The van der Waals surface area contributed by atoms with Crippen molar-refractivity contribution in [1.82, 2.24) is 0 Å². The number of hydrogen-bond acceptors (Lipinski definition) is 4. The summed E-state index contributed by atoms with van der Waals surface area (Å²) >= 11 is 0. The molecule has 0 radical (unpaired) electrons. The number of nitrogens with zero attached hydrogens (tertiary/aromatic N) is 1. The summed E-state index contributed by atoms with van der Waals surface area (Å²) in [5.74, 6) is -0.233. The Balaban J connectivity index is 2.02. The van der Waals surface area contributed by atoms with Gasteiger partial charge in [0.05, 0.1) is 23.9 Å². The van der Waals surface area contributed by atoms with E-state index in [1.807, 2.05) is 86.5 Å². The largest absolute Gasteiger partial charge is 0.463 e. The third-order valence-electron chi connectivity index (χ3n) is 4.00. The zero-order valence-corrected chi connectivity index (χ0v) is 14.8. The Hall–Kier alpha value is -2.59. The Bertz CT molecular complexity index is 753. The second-order valence-electron chi connectivity index (χ2n) is 6.33. The van der Waals surface area contributed by atoms with Crippen molar-refractivity contribution in [3.8, 4) is 0 Å². The van der Waals surface area contributed by atoms with Crippen LogP contribution in [0.4, 0.5) is 5.69 Å². The predicted octanol–water partition coefficient (Wildman–Crippen LogP) is 4.58. The van der Waals surface area contributed by atoms with Crippen LogP contribution < -0.4 is 5.06 Å². The summed E-state index contributed by atoms with van der Waals surface area (Å²) in [5, 5.41) is 1.82. The lowest BCUT2D eigenvalue weighted by atomic mass is 10.0. The van der Waals surface area contributed by atoms with Crippen LogP contribution in [0.3, 0.4) is 0 Å². The maximum absolute atomic E-state index is 12.2. The molecule has 4 nitrogen and oxygen atoms in total. The molecule has 0 N–H and O–H groups in total. The molecule has 4 heteroatoms. The van der Waals surface area contributed by atoms with E-state index in [4.69, 9.17) is 9.57 Å². The number of benzene rings is 2. The zero-order chi connectivity index (χ0) is 17.8. The summed E-state index contributed by atoms with van der Waals surface area (Å²) < 4.78 is 5.34. The molecule has 0 saturated carbocycles. The molecule has 0 saturated heterocycles. The first-order chi connectivity index (χ1) is 12.1. The summed E-state index contributed by atoms with van der Waals surface area (Å²) in [5.41, 5.74) is 3.80. The van der Waals surface area contributed by atoms with Gasteiger partial charge in [-0.2, -0.15) is 0 Å². The number of para-hydroxylation sites is 1. The maximum Gasteiger partial charge on any atom is 0.310 e. The monoisotopic (exact) mass is 337 g/mol. The van der Waals surface area contributed by atoms with Gasteiger partial charge >= 0.3 is 5.97 Å². The molecule has 0 unspecified atom stereocenters. The molecule has 3 rings (SSSR count). The number of carbonyl (C=O) groups is 1. The molecule has 0 amide bonds. The summed E-state index contributed by atoms with van der Waals surface area (Å²) in [6.07, 6.45) is -0.112. The number of esters is 1. The van der Waals surface area contributed by atoms with Crippen LogP contribution in [-0.4, -0.2) is 18.2 Å². The minimum absolute atomic E-state index is 0.129. The first kappa shape index (κ1) is 17.2. The summed E-state index contributed by atoms with van der Waals surface area (Å²) in [7, 11) is 0. The molecular formula is C21H23NO3. The number of hydroxylamine groups is 1. The van der Waals surface area contributed by atoms with E-state index in [0.717, 1.165) is 22.5 Å². The van der Waals surface area contributed by atoms with Crippen molar-refractivity contribution in [1.29, 1.82) is 0 Å². The van der Waals surface area contributed by atoms with Gasteiger partial charge in [0.2, 0.25) is 0 Å². The molecule has 1 aliphatic rings. The highest BCUT2D eigenvalue weighted by Gasteiger charge is 2.33. The van der Waals surface area contributed by atoms with Crippen molar-refractivity contribution in [2.24, 2.45) is 0 Å². The molecule has 130 valence electrons. The van der Waals surface area contributed by atoms with Gasteiger partial charge in [-0.05, 0) is 38.5 Å². The average Bonchev–Trinajstić information content (AvgIpc) is 2.92. The van der Waals surface area contributed by atoms with Crippen molar-refractivity contribution in [2.45, 2.75) is 39.4 Å². The molecule has 0 bridgehead atoms.